The Morgan fingerprint density at radius 2 is 2.19 bits per heavy atom. The minimum atomic E-state index is -0.331. The van der Waals surface area contributed by atoms with Crippen LogP contribution in [0.15, 0.2) is 6.07 Å². The van der Waals surface area contributed by atoms with Crippen LogP contribution in [0.4, 0.5) is 5.82 Å². The zero-order valence-electron chi connectivity index (χ0n) is 12.2. The smallest absolute Gasteiger partial charge is 0.245 e. The SMILES string of the molecule is C[C@H]1OCCN[C@@H]1C(=O)Nc1cc(C2CCOCC2)[nH]n1. The highest BCUT2D eigenvalue weighted by molar-refractivity contribution is 5.94. The van der Waals surface area contributed by atoms with Crippen LogP contribution >= 0.6 is 0 Å². The van der Waals surface area contributed by atoms with Crippen LogP contribution in [0.2, 0.25) is 0 Å². The number of H-pyrrole nitrogens is 1. The van der Waals surface area contributed by atoms with Gasteiger partial charge >= 0.3 is 0 Å². The maximum atomic E-state index is 12.2. The van der Waals surface area contributed by atoms with Crippen molar-refractivity contribution >= 4 is 11.7 Å². The van der Waals surface area contributed by atoms with Crippen molar-refractivity contribution in [3.63, 3.8) is 0 Å². The van der Waals surface area contributed by atoms with Gasteiger partial charge in [-0.15, -0.1) is 0 Å². The van der Waals surface area contributed by atoms with Gasteiger partial charge in [-0.2, -0.15) is 5.10 Å². The highest BCUT2D eigenvalue weighted by Gasteiger charge is 2.29. The van der Waals surface area contributed by atoms with Crippen molar-refractivity contribution in [3.8, 4) is 0 Å². The fourth-order valence-corrected chi connectivity index (χ4v) is 2.85. The Morgan fingerprint density at radius 3 is 2.95 bits per heavy atom. The average molecular weight is 294 g/mol. The molecule has 2 fully saturated rings. The van der Waals surface area contributed by atoms with E-state index in [1.807, 2.05) is 13.0 Å². The van der Waals surface area contributed by atoms with Crippen molar-refractivity contribution in [2.75, 3.05) is 31.7 Å². The van der Waals surface area contributed by atoms with Gasteiger partial charge in [-0.3, -0.25) is 9.89 Å². The summed E-state index contributed by atoms with van der Waals surface area (Å²) < 4.78 is 10.8. The highest BCUT2D eigenvalue weighted by Crippen LogP contribution is 2.26. The third-order valence-electron chi connectivity index (χ3n) is 4.11. The molecule has 7 nitrogen and oxygen atoms in total. The van der Waals surface area contributed by atoms with E-state index in [0.29, 0.717) is 24.9 Å². The number of carbonyl (C=O) groups is 1. The normalized spacial score (nSPS) is 27.5. The Balaban J connectivity index is 1.59. The molecule has 3 rings (SSSR count). The van der Waals surface area contributed by atoms with E-state index < -0.39 is 0 Å². The van der Waals surface area contributed by atoms with Gasteiger partial charge in [0.1, 0.15) is 6.04 Å². The van der Waals surface area contributed by atoms with E-state index in [4.69, 9.17) is 9.47 Å². The number of nitrogens with one attached hydrogen (secondary N) is 3. The number of aromatic nitrogens is 2. The molecule has 0 aliphatic carbocycles. The number of rotatable bonds is 3. The standard InChI is InChI=1S/C14H22N4O3/c1-9-13(15-4-7-21-9)14(19)16-12-8-11(17-18-12)10-2-5-20-6-3-10/h8-10,13,15H,2-7H2,1H3,(H2,16,17,18,19)/t9-,13+/m1/s1. The molecule has 7 heteroatoms. The Kier molecular flexibility index (Phi) is 4.52. The van der Waals surface area contributed by atoms with Gasteiger partial charge < -0.3 is 20.1 Å². The molecule has 3 heterocycles. The number of hydrogen-bond acceptors (Lipinski definition) is 5. The predicted octanol–water partition coefficient (Wildman–Crippen LogP) is 0.619. The van der Waals surface area contributed by atoms with Crippen molar-refractivity contribution < 1.29 is 14.3 Å². The second-order valence-corrected chi connectivity index (χ2v) is 5.59. The molecular weight excluding hydrogens is 272 g/mol. The molecule has 2 atom stereocenters. The van der Waals surface area contributed by atoms with Crippen LogP contribution in [0.25, 0.3) is 0 Å². The van der Waals surface area contributed by atoms with E-state index in [1.54, 1.807) is 0 Å². The second-order valence-electron chi connectivity index (χ2n) is 5.59. The molecule has 116 valence electrons. The summed E-state index contributed by atoms with van der Waals surface area (Å²) in [6, 6.07) is 1.59. The molecule has 2 saturated heterocycles. The fourth-order valence-electron chi connectivity index (χ4n) is 2.85. The number of hydrogen-bond donors (Lipinski definition) is 3. The molecule has 2 aliphatic heterocycles. The maximum Gasteiger partial charge on any atom is 0.245 e. The highest BCUT2D eigenvalue weighted by atomic mass is 16.5. The second kappa shape index (κ2) is 6.55. The maximum absolute atomic E-state index is 12.2. The summed E-state index contributed by atoms with van der Waals surface area (Å²) in [5.74, 6) is 0.903. The van der Waals surface area contributed by atoms with E-state index in [2.05, 4.69) is 20.8 Å². The number of anilines is 1. The largest absolute Gasteiger partial charge is 0.381 e. The average Bonchev–Trinajstić information content (AvgIpc) is 2.97. The molecular formula is C14H22N4O3. The van der Waals surface area contributed by atoms with E-state index in [0.717, 1.165) is 31.7 Å². The van der Waals surface area contributed by atoms with Crippen molar-refractivity contribution in [2.45, 2.75) is 37.8 Å². The lowest BCUT2D eigenvalue weighted by Gasteiger charge is -2.28. The summed E-state index contributed by atoms with van der Waals surface area (Å²) in [5, 5.41) is 13.2. The van der Waals surface area contributed by atoms with Gasteiger partial charge in [0.25, 0.3) is 0 Å². The molecule has 2 aliphatic rings. The minimum absolute atomic E-state index is 0.104. The predicted molar refractivity (Wildman–Crippen MR) is 77.2 cm³/mol. The van der Waals surface area contributed by atoms with Gasteiger partial charge in [-0.25, -0.2) is 0 Å². The molecule has 0 aromatic carbocycles. The minimum Gasteiger partial charge on any atom is -0.381 e. The number of carbonyl (C=O) groups excluding carboxylic acids is 1. The quantitative estimate of drug-likeness (QED) is 0.760. The summed E-state index contributed by atoms with van der Waals surface area (Å²) >= 11 is 0. The fraction of sp³-hybridized carbons (Fsp3) is 0.714. The lowest BCUT2D eigenvalue weighted by atomic mass is 9.97. The number of ether oxygens (including phenoxy) is 2. The number of amides is 1. The van der Waals surface area contributed by atoms with E-state index in [-0.39, 0.29) is 18.1 Å². The van der Waals surface area contributed by atoms with Crippen molar-refractivity contribution in [3.05, 3.63) is 11.8 Å². The van der Waals surface area contributed by atoms with Crippen molar-refractivity contribution in [1.29, 1.82) is 0 Å². The molecule has 1 aromatic rings. The summed E-state index contributed by atoms with van der Waals surface area (Å²) in [6.07, 6.45) is 1.85. The van der Waals surface area contributed by atoms with Gasteiger partial charge in [0, 0.05) is 37.4 Å². The van der Waals surface area contributed by atoms with Crippen LogP contribution in [0.3, 0.4) is 0 Å². The topological polar surface area (TPSA) is 88.3 Å². The summed E-state index contributed by atoms with van der Waals surface area (Å²) in [7, 11) is 0. The molecule has 0 bridgehead atoms. The summed E-state index contributed by atoms with van der Waals surface area (Å²) in [4.78, 5) is 12.2. The molecule has 1 amide bonds. The van der Waals surface area contributed by atoms with E-state index >= 15 is 0 Å². The number of nitrogens with zero attached hydrogens (tertiary/aromatic N) is 1. The van der Waals surface area contributed by atoms with Gasteiger partial charge in [0.05, 0.1) is 12.7 Å². The first-order valence-corrected chi connectivity index (χ1v) is 7.53. The summed E-state index contributed by atoms with van der Waals surface area (Å²) in [6.45, 7) is 4.80. The number of aromatic amines is 1. The van der Waals surface area contributed by atoms with Crippen LogP contribution in [-0.4, -0.2) is 54.6 Å². The first-order chi connectivity index (χ1) is 10.2. The molecule has 3 N–H and O–H groups in total. The molecule has 0 radical (unpaired) electrons. The lowest BCUT2D eigenvalue weighted by molar-refractivity contribution is -0.123. The first kappa shape index (κ1) is 14.5. The molecule has 0 unspecified atom stereocenters. The zero-order chi connectivity index (χ0) is 14.7. The zero-order valence-corrected chi connectivity index (χ0v) is 12.2. The lowest BCUT2D eigenvalue weighted by Crippen LogP contribution is -2.53. The Labute approximate surface area is 123 Å². The van der Waals surface area contributed by atoms with Crippen LogP contribution < -0.4 is 10.6 Å². The van der Waals surface area contributed by atoms with Crippen LogP contribution in [0, 0.1) is 0 Å². The third-order valence-corrected chi connectivity index (χ3v) is 4.11. The molecule has 0 spiro atoms. The molecule has 21 heavy (non-hydrogen) atoms. The third kappa shape index (κ3) is 3.42. The Bertz CT molecular complexity index is 484. The number of morpholine rings is 1. The van der Waals surface area contributed by atoms with Crippen molar-refractivity contribution in [1.82, 2.24) is 15.5 Å². The molecule has 0 saturated carbocycles. The Hall–Kier alpha value is -1.44. The van der Waals surface area contributed by atoms with Crippen LogP contribution in [0.1, 0.15) is 31.4 Å². The van der Waals surface area contributed by atoms with Crippen LogP contribution in [0.5, 0.6) is 0 Å². The molecule has 1 aromatic heterocycles. The monoisotopic (exact) mass is 294 g/mol. The van der Waals surface area contributed by atoms with Gasteiger partial charge in [-0.05, 0) is 19.8 Å². The van der Waals surface area contributed by atoms with Crippen LogP contribution in [-0.2, 0) is 14.3 Å². The Morgan fingerprint density at radius 1 is 1.38 bits per heavy atom. The van der Waals surface area contributed by atoms with Crippen molar-refractivity contribution in [2.24, 2.45) is 0 Å². The van der Waals surface area contributed by atoms with E-state index in [1.165, 1.54) is 0 Å². The summed E-state index contributed by atoms with van der Waals surface area (Å²) in [5.41, 5.74) is 1.06. The first-order valence-electron chi connectivity index (χ1n) is 7.53. The van der Waals surface area contributed by atoms with E-state index in [9.17, 15) is 4.79 Å². The van der Waals surface area contributed by atoms with Gasteiger partial charge in [0.2, 0.25) is 5.91 Å². The van der Waals surface area contributed by atoms with Gasteiger partial charge in [-0.1, -0.05) is 0 Å². The van der Waals surface area contributed by atoms with Gasteiger partial charge in [0.15, 0.2) is 5.82 Å².